The van der Waals surface area contributed by atoms with E-state index in [2.05, 4.69) is 5.32 Å². The standard InChI is InChI=1S/C12H24N2O2/c1-3-8(2)11(13)12(16)14-10-6-4-5-9(10)7-15/h8-11,15H,3-7,13H2,1-2H3,(H,14,16)/t8?,9?,10?,11-/m0/s1. The maximum absolute atomic E-state index is 11.8. The van der Waals surface area contributed by atoms with Gasteiger partial charge in [0.25, 0.3) is 0 Å². The first-order chi connectivity index (χ1) is 7.60. The molecule has 1 rings (SSSR count). The number of aliphatic hydroxyl groups excluding tert-OH is 1. The Balaban J connectivity index is 2.44. The number of nitrogens with two attached hydrogens (primary N) is 1. The Kier molecular flexibility index (Phi) is 5.22. The van der Waals surface area contributed by atoms with Gasteiger partial charge in [-0.3, -0.25) is 4.79 Å². The molecule has 4 atom stereocenters. The number of aliphatic hydroxyl groups is 1. The molecule has 0 saturated heterocycles. The van der Waals surface area contributed by atoms with E-state index in [0.717, 1.165) is 25.7 Å². The third kappa shape index (κ3) is 3.19. The monoisotopic (exact) mass is 228 g/mol. The lowest BCUT2D eigenvalue weighted by Crippen LogP contribution is -2.49. The summed E-state index contributed by atoms with van der Waals surface area (Å²) < 4.78 is 0. The first-order valence-electron chi connectivity index (χ1n) is 6.27. The second-order valence-corrected chi connectivity index (χ2v) is 4.90. The molecule has 0 bridgehead atoms. The fourth-order valence-electron chi connectivity index (χ4n) is 2.24. The van der Waals surface area contributed by atoms with Crippen molar-refractivity contribution in [1.29, 1.82) is 0 Å². The predicted molar refractivity (Wildman–Crippen MR) is 63.8 cm³/mol. The molecule has 1 fully saturated rings. The van der Waals surface area contributed by atoms with Crippen molar-refractivity contribution >= 4 is 5.91 Å². The summed E-state index contributed by atoms with van der Waals surface area (Å²) in [5.41, 5.74) is 5.86. The van der Waals surface area contributed by atoms with Crippen LogP contribution < -0.4 is 11.1 Å². The average molecular weight is 228 g/mol. The Labute approximate surface area is 97.6 Å². The van der Waals surface area contributed by atoms with E-state index in [9.17, 15) is 4.79 Å². The van der Waals surface area contributed by atoms with Gasteiger partial charge in [-0.2, -0.15) is 0 Å². The van der Waals surface area contributed by atoms with Crippen LogP contribution in [0.15, 0.2) is 0 Å². The van der Waals surface area contributed by atoms with Crippen molar-refractivity contribution < 1.29 is 9.90 Å². The molecule has 1 amide bonds. The molecule has 0 aromatic heterocycles. The van der Waals surface area contributed by atoms with Gasteiger partial charge in [0.15, 0.2) is 0 Å². The fraction of sp³-hybridized carbons (Fsp3) is 0.917. The van der Waals surface area contributed by atoms with Gasteiger partial charge in [0.1, 0.15) is 0 Å². The van der Waals surface area contributed by atoms with Crippen LogP contribution in [-0.2, 0) is 4.79 Å². The Bertz CT molecular complexity index is 233. The van der Waals surface area contributed by atoms with Crippen molar-refractivity contribution in [2.24, 2.45) is 17.6 Å². The number of hydrogen-bond acceptors (Lipinski definition) is 3. The molecule has 4 heteroatoms. The molecule has 16 heavy (non-hydrogen) atoms. The number of rotatable bonds is 5. The third-order valence-electron chi connectivity index (χ3n) is 3.78. The molecule has 4 N–H and O–H groups in total. The van der Waals surface area contributed by atoms with E-state index >= 15 is 0 Å². The van der Waals surface area contributed by atoms with Crippen LogP contribution in [0, 0.1) is 11.8 Å². The quantitative estimate of drug-likeness (QED) is 0.646. The van der Waals surface area contributed by atoms with Crippen LogP contribution in [0.3, 0.4) is 0 Å². The van der Waals surface area contributed by atoms with Crippen molar-refractivity contribution in [3.05, 3.63) is 0 Å². The predicted octanol–water partition coefficient (Wildman–Crippen LogP) is 0.637. The van der Waals surface area contributed by atoms with Crippen LogP contribution >= 0.6 is 0 Å². The summed E-state index contributed by atoms with van der Waals surface area (Å²) in [5, 5.41) is 12.1. The number of amides is 1. The lowest BCUT2D eigenvalue weighted by Gasteiger charge is -2.23. The maximum atomic E-state index is 11.8. The van der Waals surface area contributed by atoms with Crippen molar-refractivity contribution in [2.75, 3.05) is 6.61 Å². The van der Waals surface area contributed by atoms with Crippen LogP contribution in [0.1, 0.15) is 39.5 Å². The molecule has 0 aromatic carbocycles. The normalized spacial score (nSPS) is 28.8. The lowest BCUT2D eigenvalue weighted by atomic mass is 9.98. The minimum Gasteiger partial charge on any atom is -0.396 e. The third-order valence-corrected chi connectivity index (χ3v) is 3.78. The summed E-state index contributed by atoms with van der Waals surface area (Å²) in [6, 6.07) is -0.308. The van der Waals surface area contributed by atoms with Gasteiger partial charge in [-0.15, -0.1) is 0 Å². The molecular weight excluding hydrogens is 204 g/mol. The number of carbonyl (C=O) groups excluding carboxylic acids is 1. The van der Waals surface area contributed by atoms with Gasteiger partial charge in [0, 0.05) is 18.6 Å². The van der Waals surface area contributed by atoms with Crippen LogP contribution in [0.4, 0.5) is 0 Å². The molecule has 0 heterocycles. The molecule has 0 radical (unpaired) electrons. The topological polar surface area (TPSA) is 75.4 Å². The van der Waals surface area contributed by atoms with Gasteiger partial charge < -0.3 is 16.2 Å². The summed E-state index contributed by atoms with van der Waals surface area (Å²) in [4.78, 5) is 11.8. The highest BCUT2D eigenvalue weighted by atomic mass is 16.3. The highest BCUT2D eigenvalue weighted by molar-refractivity contribution is 5.82. The van der Waals surface area contributed by atoms with E-state index in [1.54, 1.807) is 0 Å². The van der Waals surface area contributed by atoms with E-state index in [4.69, 9.17) is 10.8 Å². The summed E-state index contributed by atoms with van der Waals surface area (Å²) in [6.45, 7) is 4.18. The van der Waals surface area contributed by atoms with Crippen LogP contribution in [-0.4, -0.2) is 29.7 Å². The Morgan fingerprint density at radius 1 is 1.56 bits per heavy atom. The van der Waals surface area contributed by atoms with Gasteiger partial charge in [-0.25, -0.2) is 0 Å². The summed E-state index contributed by atoms with van der Waals surface area (Å²) in [7, 11) is 0. The first-order valence-corrected chi connectivity index (χ1v) is 6.27. The summed E-state index contributed by atoms with van der Waals surface area (Å²) in [5.74, 6) is 0.349. The maximum Gasteiger partial charge on any atom is 0.237 e. The number of nitrogens with one attached hydrogen (secondary N) is 1. The minimum absolute atomic E-state index is 0.0697. The molecular formula is C12H24N2O2. The molecule has 0 spiro atoms. The zero-order valence-electron chi connectivity index (χ0n) is 10.3. The van der Waals surface area contributed by atoms with Crippen molar-refractivity contribution in [1.82, 2.24) is 5.32 Å². The molecule has 94 valence electrons. The highest BCUT2D eigenvalue weighted by Crippen LogP contribution is 2.25. The molecule has 1 aliphatic rings. The van der Waals surface area contributed by atoms with E-state index in [0.29, 0.717) is 0 Å². The van der Waals surface area contributed by atoms with E-state index in [1.165, 1.54) is 0 Å². The largest absolute Gasteiger partial charge is 0.396 e. The minimum atomic E-state index is -0.426. The smallest absolute Gasteiger partial charge is 0.237 e. The van der Waals surface area contributed by atoms with Gasteiger partial charge in [0.05, 0.1) is 6.04 Å². The molecule has 3 unspecified atom stereocenters. The summed E-state index contributed by atoms with van der Waals surface area (Å²) >= 11 is 0. The summed E-state index contributed by atoms with van der Waals surface area (Å²) in [6.07, 6.45) is 3.95. The zero-order chi connectivity index (χ0) is 12.1. The number of carbonyl (C=O) groups is 1. The Morgan fingerprint density at radius 3 is 2.81 bits per heavy atom. The zero-order valence-corrected chi connectivity index (χ0v) is 10.3. The molecule has 0 aromatic rings. The molecule has 1 saturated carbocycles. The van der Waals surface area contributed by atoms with Gasteiger partial charge in [0.2, 0.25) is 5.91 Å². The number of hydrogen-bond donors (Lipinski definition) is 3. The van der Waals surface area contributed by atoms with Crippen LogP contribution in [0.5, 0.6) is 0 Å². The van der Waals surface area contributed by atoms with E-state index in [1.807, 2.05) is 13.8 Å². The molecule has 4 nitrogen and oxygen atoms in total. The van der Waals surface area contributed by atoms with Crippen LogP contribution in [0.25, 0.3) is 0 Å². The van der Waals surface area contributed by atoms with Gasteiger partial charge >= 0.3 is 0 Å². The van der Waals surface area contributed by atoms with Gasteiger partial charge in [-0.1, -0.05) is 26.7 Å². The Morgan fingerprint density at radius 2 is 2.25 bits per heavy atom. The van der Waals surface area contributed by atoms with Crippen LogP contribution in [0.2, 0.25) is 0 Å². The SMILES string of the molecule is CCC(C)[C@H](N)C(=O)NC1CCCC1CO. The van der Waals surface area contributed by atoms with Gasteiger partial charge in [-0.05, 0) is 18.8 Å². The van der Waals surface area contributed by atoms with E-state index < -0.39 is 6.04 Å². The fourth-order valence-corrected chi connectivity index (χ4v) is 2.24. The van der Waals surface area contributed by atoms with Crippen molar-refractivity contribution in [3.8, 4) is 0 Å². The first kappa shape index (κ1) is 13.5. The van der Waals surface area contributed by atoms with E-state index in [-0.39, 0.29) is 30.4 Å². The van der Waals surface area contributed by atoms with Crippen molar-refractivity contribution in [2.45, 2.75) is 51.6 Å². The molecule has 0 aliphatic heterocycles. The lowest BCUT2D eigenvalue weighted by molar-refractivity contribution is -0.124. The second-order valence-electron chi connectivity index (χ2n) is 4.90. The van der Waals surface area contributed by atoms with Crippen molar-refractivity contribution in [3.63, 3.8) is 0 Å². The Hall–Kier alpha value is -0.610. The second kappa shape index (κ2) is 6.21. The average Bonchev–Trinajstić information content (AvgIpc) is 2.74. The highest BCUT2D eigenvalue weighted by Gasteiger charge is 2.30. The molecule has 1 aliphatic carbocycles.